The summed E-state index contributed by atoms with van der Waals surface area (Å²) < 4.78 is 5.54. The average molecular weight is 461 g/mol. The second-order valence-electron chi connectivity index (χ2n) is 9.46. The number of imide groups is 1. The van der Waals surface area contributed by atoms with Crippen molar-refractivity contribution in [1.29, 1.82) is 0 Å². The third-order valence-corrected chi connectivity index (χ3v) is 7.40. The van der Waals surface area contributed by atoms with E-state index < -0.39 is 11.9 Å². The molecule has 0 unspecified atom stereocenters. The van der Waals surface area contributed by atoms with Crippen molar-refractivity contribution in [3.05, 3.63) is 60.2 Å². The quantitative estimate of drug-likeness (QED) is 0.384. The van der Waals surface area contributed by atoms with E-state index in [1.165, 1.54) is 4.90 Å². The molecule has 3 fully saturated rings. The number of likely N-dealkylation sites (tertiary alicyclic amines) is 1. The van der Waals surface area contributed by atoms with Gasteiger partial charge in [0.25, 0.3) is 0 Å². The van der Waals surface area contributed by atoms with Gasteiger partial charge in [0, 0.05) is 13.0 Å². The standard InChI is InChI=1S/C27H28N2O5/c1-17(18-7-3-2-4-8-18)28-16-19(15-24(28)30)27(33)34-21-13-11-20(12-14-21)29-25(31)22-9-5-6-10-23(22)26(29)32/h2-4,7-8,11-14,17,19,22-23H,5-6,9-10,15-16H2,1H3/t17-,19-,22-,23+/m1/s1. The lowest BCUT2D eigenvalue weighted by molar-refractivity contribution is -0.139. The molecule has 0 spiro atoms. The Labute approximate surface area is 198 Å². The normalized spacial score (nSPS) is 25.4. The highest BCUT2D eigenvalue weighted by Gasteiger charge is 2.48. The van der Waals surface area contributed by atoms with E-state index in [0.29, 0.717) is 18.0 Å². The van der Waals surface area contributed by atoms with Gasteiger partial charge in [-0.25, -0.2) is 0 Å². The number of anilines is 1. The maximum absolute atomic E-state index is 12.8. The molecule has 3 amide bonds. The zero-order chi connectivity index (χ0) is 23.8. The molecule has 2 saturated heterocycles. The molecule has 2 heterocycles. The van der Waals surface area contributed by atoms with Crippen LogP contribution in [0.25, 0.3) is 0 Å². The summed E-state index contributed by atoms with van der Waals surface area (Å²) in [5, 5.41) is 0. The first-order chi connectivity index (χ1) is 16.4. The van der Waals surface area contributed by atoms with Crippen molar-refractivity contribution in [2.45, 2.75) is 45.1 Å². The van der Waals surface area contributed by atoms with Crippen molar-refractivity contribution < 1.29 is 23.9 Å². The number of hydrogen-bond acceptors (Lipinski definition) is 5. The number of fused-ring (bicyclic) bond motifs is 1. The number of rotatable bonds is 5. The molecule has 0 aromatic heterocycles. The Morgan fingerprint density at radius 3 is 2.15 bits per heavy atom. The maximum atomic E-state index is 12.8. The molecule has 0 bridgehead atoms. The summed E-state index contributed by atoms with van der Waals surface area (Å²) in [6.07, 6.45) is 3.61. The molecular formula is C27H28N2O5. The van der Waals surface area contributed by atoms with Crippen LogP contribution in [0.2, 0.25) is 0 Å². The van der Waals surface area contributed by atoms with Crippen LogP contribution in [-0.2, 0) is 19.2 Å². The van der Waals surface area contributed by atoms with E-state index in [0.717, 1.165) is 31.2 Å². The number of ether oxygens (including phenoxy) is 1. The predicted molar refractivity (Wildman–Crippen MR) is 125 cm³/mol. The average Bonchev–Trinajstić information content (AvgIpc) is 3.37. The fourth-order valence-electron chi connectivity index (χ4n) is 5.45. The number of nitrogens with zero attached hydrogens (tertiary/aromatic N) is 2. The third kappa shape index (κ3) is 4.00. The number of esters is 1. The van der Waals surface area contributed by atoms with Crippen molar-refractivity contribution in [3.63, 3.8) is 0 Å². The van der Waals surface area contributed by atoms with Crippen LogP contribution in [0.4, 0.5) is 5.69 Å². The molecule has 34 heavy (non-hydrogen) atoms. The topological polar surface area (TPSA) is 84.0 Å². The molecular weight excluding hydrogens is 432 g/mol. The van der Waals surface area contributed by atoms with Gasteiger partial charge in [0.05, 0.1) is 29.5 Å². The van der Waals surface area contributed by atoms with E-state index in [4.69, 9.17) is 4.74 Å². The first-order valence-electron chi connectivity index (χ1n) is 12.0. The smallest absolute Gasteiger partial charge is 0.316 e. The Hall–Kier alpha value is -3.48. The minimum absolute atomic E-state index is 0.0684. The second kappa shape index (κ2) is 9.05. The van der Waals surface area contributed by atoms with Gasteiger partial charge in [-0.2, -0.15) is 0 Å². The second-order valence-corrected chi connectivity index (χ2v) is 9.46. The molecule has 5 rings (SSSR count). The molecule has 2 aliphatic heterocycles. The zero-order valence-corrected chi connectivity index (χ0v) is 19.2. The largest absolute Gasteiger partial charge is 0.426 e. The highest BCUT2D eigenvalue weighted by atomic mass is 16.5. The Kier molecular flexibility index (Phi) is 5.94. The molecule has 1 aliphatic carbocycles. The van der Waals surface area contributed by atoms with Crippen molar-refractivity contribution in [2.75, 3.05) is 11.4 Å². The predicted octanol–water partition coefficient (Wildman–Crippen LogP) is 3.88. The van der Waals surface area contributed by atoms with E-state index in [2.05, 4.69) is 0 Å². The molecule has 7 heteroatoms. The lowest BCUT2D eigenvalue weighted by atomic mass is 9.81. The van der Waals surface area contributed by atoms with Gasteiger partial charge in [-0.3, -0.25) is 24.1 Å². The minimum Gasteiger partial charge on any atom is -0.426 e. The molecule has 0 radical (unpaired) electrons. The van der Waals surface area contributed by atoms with Crippen LogP contribution in [0.3, 0.4) is 0 Å². The number of benzene rings is 2. The van der Waals surface area contributed by atoms with Crippen LogP contribution in [-0.4, -0.2) is 35.1 Å². The van der Waals surface area contributed by atoms with Crippen LogP contribution in [0.5, 0.6) is 5.75 Å². The maximum Gasteiger partial charge on any atom is 0.316 e. The summed E-state index contributed by atoms with van der Waals surface area (Å²) in [5.41, 5.74) is 1.52. The van der Waals surface area contributed by atoms with Gasteiger partial charge in [0.1, 0.15) is 5.75 Å². The highest BCUT2D eigenvalue weighted by Crippen LogP contribution is 2.40. The van der Waals surface area contributed by atoms with Gasteiger partial charge >= 0.3 is 5.97 Å². The Morgan fingerprint density at radius 1 is 0.912 bits per heavy atom. The number of hydrogen-bond donors (Lipinski definition) is 0. The molecule has 2 aromatic carbocycles. The van der Waals surface area contributed by atoms with Crippen LogP contribution in [0.1, 0.15) is 50.6 Å². The van der Waals surface area contributed by atoms with Crippen LogP contribution in [0, 0.1) is 17.8 Å². The molecule has 7 nitrogen and oxygen atoms in total. The van der Waals surface area contributed by atoms with Gasteiger partial charge in [-0.05, 0) is 49.6 Å². The molecule has 4 atom stereocenters. The summed E-state index contributed by atoms with van der Waals surface area (Å²) in [7, 11) is 0. The van der Waals surface area contributed by atoms with Gasteiger partial charge in [0.15, 0.2) is 0 Å². The number of amides is 3. The van der Waals surface area contributed by atoms with Crippen molar-refractivity contribution in [3.8, 4) is 5.75 Å². The van der Waals surface area contributed by atoms with Crippen LogP contribution < -0.4 is 9.64 Å². The molecule has 0 N–H and O–H groups in total. The zero-order valence-electron chi connectivity index (χ0n) is 19.2. The minimum atomic E-state index is -0.539. The SMILES string of the molecule is C[C@H](c1ccccc1)N1C[C@H](C(=O)Oc2ccc(N3C(=O)[C@H]4CCCC[C@H]4C3=O)cc2)CC1=O. The summed E-state index contributed by atoms with van der Waals surface area (Å²) in [6, 6.07) is 16.1. The van der Waals surface area contributed by atoms with E-state index >= 15 is 0 Å². The molecule has 1 saturated carbocycles. The van der Waals surface area contributed by atoms with E-state index in [1.54, 1.807) is 29.2 Å². The van der Waals surface area contributed by atoms with Gasteiger partial charge in [-0.15, -0.1) is 0 Å². The Morgan fingerprint density at radius 2 is 1.53 bits per heavy atom. The van der Waals surface area contributed by atoms with Crippen LogP contribution >= 0.6 is 0 Å². The number of carbonyl (C=O) groups is 4. The molecule has 2 aromatic rings. The number of carbonyl (C=O) groups excluding carboxylic acids is 4. The monoisotopic (exact) mass is 460 g/mol. The van der Waals surface area contributed by atoms with Crippen molar-refractivity contribution in [2.24, 2.45) is 17.8 Å². The Bertz CT molecular complexity index is 1090. The van der Waals surface area contributed by atoms with E-state index in [1.807, 2.05) is 37.3 Å². The first kappa shape index (κ1) is 22.3. The van der Waals surface area contributed by atoms with E-state index in [-0.39, 0.29) is 42.0 Å². The van der Waals surface area contributed by atoms with Gasteiger partial charge < -0.3 is 9.64 Å². The Balaban J connectivity index is 1.22. The van der Waals surface area contributed by atoms with Crippen LogP contribution in [0.15, 0.2) is 54.6 Å². The van der Waals surface area contributed by atoms with Gasteiger partial charge in [-0.1, -0.05) is 43.2 Å². The lowest BCUT2D eigenvalue weighted by Gasteiger charge is -2.25. The fourth-order valence-corrected chi connectivity index (χ4v) is 5.45. The molecule has 3 aliphatic rings. The lowest BCUT2D eigenvalue weighted by Crippen LogP contribution is -2.31. The fraction of sp³-hybridized carbons (Fsp3) is 0.407. The summed E-state index contributed by atoms with van der Waals surface area (Å²) in [6.45, 7) is 2.27. The van der Waals surface area contributed by atoms with E-state index in [9.17, 15) is 19.2 Å². The van der Waals surface area contributed by atoms with Crippen molar-refractivity contribution >= 4 is 29.4 Å². The first-order valence-corrected chi connectivity index (χ1v) is 12.0. The third-order valence-electron chi connectivity index (χ3n) is 7.40. The highest BCUT2D eigenvalue weighted by molar-refractivity contribution is 6.22. The van der Waals surface area contributed by atoms with Gasteiger partial charge in [0.2, 0.25) is 17.7 Å². The molecule has 176 valence electrons. The summed E-state index contributed by atoms with van der Waals surface area (Å²) in [5.74, 6) is -1.41. The summed E-state index contributed by atoms with van der Waals surface area (Å²) >= 11 is 0. The summed E-state index contributed by atoms with van der Waals surface area (Å²) in [4.78, 5) is 53.9. The van der Waals surface area contributed by atoms with Crippen molar-refractivity contribution in [1.82, 2.24) is 4.90 Å².